The Morgan fingerprint density at radius 2 is 2.05 bits per heavy atom. The summed E-state index contributed by atoms with van der Waals surface area (Å²) in [7, 11) is 0. The van der Waals surface area contributed by atoms with Gasteiger partial charge in [0.05, 0.1) is 17.4 Å². The van der Waals surface area contributed by atoms with Crippen LogP contribution in [0.1, 0.15) is 43.3 Å². The molecule has 0 amide bonds. The Balaban J connectivity index is 2.44. The van der Waals surface area contributed by atoms with Crippen LogP contribution in [0.3, 0.4) is 0 Å². The number of halogens is 1. The van der Waals surface area contributed by atoms with Crippen molar-refractivity contribution in [1.82, 2.24) is 15.1 Å². The van der Waals surface area contributed by atoms with E-state index in [0.29, 0.717) is 0 Å². The maximum absolute atomic E-state index is 6.38. The number of rotatable bonds is 6. The highest BCUT2D eigenvalue weighted by molar-refractivity contribution is 6.31. The summed E-state index contributed by atoms with van der Waals surface area (Å²) in [6.07, 6.45) is 1.08. The molecule has 1 atom stereocenters. The summed E-state index contributed by atoms with van der Waals surface area (Å²) in [5.74, 6) is 0. The van der Waals surface area contributed by atoms with Crippen LogP contribution in [0.15, 0.2) is 30.3 Å². The molecule has 0 bridgehead atoms. The van der Waals surface area contributed by atoms with Crippen LogP contribution >= 0.6 is 11.6 Å². The number of nitrogens with one attached hydrogen (secondary N) is 1. The van der Waals surface area contributed by atoms with Gasteiger partial charge in [0.1, 0.15) is 0 Å². The molecule has 2 aromatic rings. The highest BCUT2D eigenvalue weighted by atomic mass is 35.5. The number of benzene rings is 1. The van der Waals surface area contributed by atoms with E-state index in [9.17, 15) is 0 Å². The first-order valence-electron chi connectivity index (χ1n) is 7.19. The summed E-state index contributed by atoms with van der Waals surface area (Å²) in [6.45, 7) is 8.11. The Morgan fingerprint density at radius 1 is 1.30 bits per heavy atom. The summed E-state index contributed by atoms with van der Waals surface area (Å²) in [5.41, 5.74) is 3.32. The third-order valence-electron chi connectivity index (χ3n) is 3.34. The summed E-state index contributed by atoms with van der Waals surface area (Å²) in [4.78, 5) is 0. The van der Waals surface area contributed by atoms with Crippen LogP contribution in [0.4, 0.5) is 0 Å². The fourth-order valence-corrected chi connectivity index (χ4v) is 2.67. The van der Waals surface area contributed by atoms with Gasteiger partial charge in [-0.3, -0.25) is 4.68 Å². The van der Waals surface area contributed by atoms with Gasteiger partial charge in [-0.25, -0.2) is 0 Å². The molecule has 0 fully saturated rings. The third kappa shape index (κ3) is 3.22. The van der Waals surface area contributed by atoms with E-state index < -0.39 is 0 Å². The first-order chi connectivity index (χ1) is 9.67. The molecule has 4 heteroatoms. The van der Waals surface area contributed by atoms with Crippen molar-refractivity contribution >= 4 is 11.6 Å². The number of hydrogen-bond donors (Lipinski definition) is 1. The second kappa shape index (κ2) is 6.91. The lowest BCUT2D eigenvalue weighted by Crippen LogP contribution is -2.26. The van der Waals surface area contributed by atoms with E-state index in [1.165, 1.54) is 5.69 Å². The van der Waals surface area contributed by atoms with Crippen LogP contribution in [0.25, 0.3) is 0 Å². The standard InChI is InChI=1S/C16H22ClN3/c1-4-10-18-16(13-8-6-7-9-14(13)17)15-11-12(3)19-20(15)5-2/h6-9,11,16,18H,4-5,10H2,1-3H3. The van der Waals surface area contributed by atoms with Gasteiger partial charge in [0.2, 0.25) is 0 Å². The molecular weight excluding hydrogens is 270 g/mol. The van der Waals surface area contributed by atoms with E-state index in [1.54, 1.807) is 0 Å². The van der Waals surface area contributed by atoms with Crippen molar-refractivity contribution in [2.75, 3.05) is 6.54 Å². The molecule has 3 nitrogen and oxygen atoms in total. The SMILES string of the molecule is CCCNC(c1ccccc1Cl)c1cc(C)nn1CC. The second-order valence-electron chi connectivity index (χ2n) is 4.93. The fourth-order valence-electron chi connectivity index (χ4n) is 2.42. The predicted octanol–water partition coefficient (Wildman–Crippen LogP) is 3.95. The van der Waals surface area contributed by atoms with Gasteiger partial charge in [0, 0.05) is 11.6 Å². The maximum atomic E-state index is 6.38. The van der Waals surface area contributed by atoms with Gasteiger partial charge in [0.15, 0.2) is 0 Å². The molecule has 0 saturated heterocycles. The molecule has 1 N–H and O–H groups in total. The van der Waals surface area contributed by atoms with Crippen molar-refractivity contribution in [3.63, 3.8) is 0 Å². The summed E-state index contributed by atoms with van der Waals surface area (Å²) in [6, 6.07) is 10.2. The Kier molecular flexibility index (Phi) is 5.21. The van der Waals surface area contributed by atoms with Crippen molar-refractivity contribution in [3.8, 4) is 0 Å². The highest BCUT2D eigenvalue weighted by Gasteiger charge is 2.20. The average Bonchev–Trinajstić information content (AvgIpc) is 2.82. The van der Waals surface area contributed by atoms with Crippen LogP contribution in [-0.4, -0.2) is 16.3 Å². The molecule has 0 aliphatic heterocycles. The van der Waals surface area contributed by atoms with E-state index >= 15 is 0 Å². The average molecular weight is 292 g/mol. The minimum atomic E-state index is 0.0878. The molecule has 0 radical (unpaired) electrons. The predicted molar refractivity (Wildman–Crippen MR) is 84.2 cm³/mol. The molecule has 0 aliphatic rings. The summed E-state index contributed by atoms with van der Waals surface area (Å²) < 4.78 is 2.05. The molecule has 1 unspecified atom stereocenters. The summed E-state index contributed by atoms with van der Waals surface area (Å²) >= 11 is 6.38. The van der Waals surface area contributed by atoms with Crippen molar-refractivity contribution in [3.05, 3.63) is 52.3 Å². The quantitative estimate of drug-likeness (QED) is 0.873. The zero-order valence-corrected chi connectivity index (χ0v) is 13.1. The van der Waals surface area contributed by atoms with E-state index in [2.05, 4.69) is 36.4 Å². The van der Waals surface area contributed by atoms with Crippen molar-refractivity contribution < 1.29 is 0 Å². The highest BCUT2D eigenvalue weighted by Crippen LogP contribution is 2.28. The Bertz CT molecular complexity index is 563. The van der Waals surface area contributed by atoms with Gasteiger partial charge in [-0.05, 0) is 44.5 Å². The third-order valence-corrected chi connectivity index (χ3v) is 3.69. The van der Waals surface area contributed by atoms with Gasteiger partial charge in [-0.1, -0.05) is 36.7 Å². The zero-order chi connectivity index (χ0) is 14.5. The van der Waals surface area contributed by atoms with Crippen molar-refractivity contribution in [2.24, 2.45) is 0 Å². The molecule has 1 aromatic heterocycles. The minimum absolute atomic E-state index is 0.0878. The second-order valence-corrected chi connectivity index (χ2v) is 5.34. The lowest BCUT2D eigenvalue weighted by molar-refractivity contribution is 0.529. The molecule has 2 rings (SSSR count). The Morgan fingerprint density at radius 3 is 2.70 bits per heavy atom. The smallest absolute Gasteiger partial charge is 0.0762 e. The van der Waals surface area contributed by atoms with Crippen LogP contribution < -0.4 is 5.32 Å². The van der Waals surface area contributed by atoms with E-state index in [4.69, 9.17) is 11.6 Å². The zero-order valence-electron chi connectivity index (χ0n) is 12.4. The molecule has 1 heterocycles. The van der Waals surface area contributed by atoms with Crippen molar-refractivity contribution in [2.45, 2.75) is 39.8 Å². The first-order valence-corrected chi connectivity index (χ1v) is 7.57. The largest absolute Gasteiger partial charge is 0.305 e. The van der Waals surface area contributed by atoms with Crippen LogP contribution in [0.2, 0.25) is 5.02 Å². The molecule has 0 saturated carbocycles. The summed E-state index contributed by atoms with van der Waals surface area (Å²) in [5, 5.41) is 8.93. The van der Waals surface area contributed by atoms with Gasteiger partial charge < -0.3 is 5.32 Å². The molecule has 20 heavy (non-hydrogen) atoms. The molecular formula is C16H22ClN3. The number of hydrogen-bond acceptors (Lipinski definition) is 2. The topological polar surface area (TPSA) is 29.9 Å². The lowest BCUT2D eigenvalue weighted by Gasteiger charge is -2.21. The molecule has 0 spiro atoms. The van der Waals surface area contributed by atoms with Crippen LogP contribution in [0.5, 0.6) is 0 Å². The van der Waals surface area contributed by atoms with Gasteiger partial charge >= 0.3 is 0 Å². The lowest BCUT2D eigenvalue weighted by atomic mass is 10.0. The first kappa shape index (κ1) is 15.1. The van der Waals surface area contributed by atoms with Gasteiger partial charge in [-0.2, -0.15) is 5.10 Å². The molecule has 1 aromatic carbocycles. The van der Waals surface area contributed by atoms with Crippen LogP contribution in [0, 0.1) is 6.92 Å². The van der Waals surface area contributed by atoms with E-state index in [0.717, 1.165) is 35.8 Å². The maximum Gasteiger partial charge on any atom is 0.0762 e. The number of aryl methyl sites for hydroxylation is 2. The minimum Gasteiger partial charge on any atom is -0.305 e. The van der Waals surface area contributed by atoms with E-state index in [1.807, 2.05) is 29.8 Å². The molecule has 108 valence electrons. The normalized spacial score (nSPS) is 12.6. The van der Waals surface area contributed by atoms with Crippen molar-refractivity contribution in [1.29, 1.82) is 0 Å². The number of nitrogens with zero attached hydrogens (tertiary/aromatic N) is 2. The molecule has 0 aliphatic carbocycles. The Labute approximate surface area is 126 Å². The fraction of sp³-hybridized carbons (Fsp3) is 0.438. The monoisotopic (exact) mass is 291 g/mol. The van der Waals surface area contributed by atoms with E-state index in [-0.39, 0.29) is 6.04 Å². The van der Waals surface area contributed by atoms with Gasteiger partial charge in [-0.15, -0.1) is 0 Å². The van der Waals surface area contributed by atoms with Gasteiger partial charge in [0.25, 0.3) is 0 Å². The number of aromatic nitrogens is 2. The Hall–Kier alpha value is -1.32. The van der Waals surface area contributed by atoms with Crippen LogP contribution in [-0.2, 0) is 6.54 Å².